The molecular weight excluding hydrogens is 474 g/mol. The quantitative estimate of drug-likeness (QED) is 0.197. The molecule has 0 saturated heterocycles. The second-order valence-electron chi connectivity index (χ2n) is 7.76. The summed E-state index contributed by atoms with van der Waals surface area (Å²) < 4.78 is 28.0. The molecule has 188 valence electrons. The number of nitrogens with zero attached hydrogens (tertiary/aromatic N) is 4. The van der Waals surface area contributed by atoms with Gasteiger partial charge in [0.15, 0.2) is 11.5 Å². The molecule has 2 heterocycles. The summed E-state index contributed by atoms with van der Waals surface area (Å²) in [7, 11) is -3.34. The van der Waals surface area contributed by atoms with Crippen LogP contribution in [0.2, 0.25) is 0 Å². The first kappa shape index (κ1) is 26.0. The molecule has 35 heavy (non-hydrogen) atoms. The summed E-state index contributed by atoms with van der Waals surface area (Å²) in [5, 5.41) is 2.54. The molecule has 0 radical (unpaired) electrons. The predicted molar refractivity (Wildman–Crippen MR) is 131 cm³/mol. The summed E-state index contributed by atoms with van der Waals surface area (Å²) in [5.74, 6) is -1.21. The van der Waals surface area contributed by atoms with E-state index in [0.717, 1.165) is 10.1 Å². The Morgan fingerprint density at radius 1 is 1.20 bits per heavy atom. The number of nitrogens with one attached hydrogen (secondary N) is 2. The van der Waals surface area contributed by atoms with Crippen molar-refractivity contribution in [2.24, 2.45) is 0 Å². The molecule has 13 heteroatoms. The molecule has 12 nitrogen and oxygen atoms in total. The average molecular weight is 504 g/mol. The molecule has 0 saturated carbocycles. The van der Waals surface area contributed by atoms with Crippen LogP contribution in [0.5, 0.6) is 0 Å². The number of ether oxygens (including phenoxy) is 1. The first-order chi connectivity index (χ1) is 16.7. The number of hydrogen-bond acceptors (Lipinski definition) is 10. The van der Waals surface area contributed by atoms with E-state index in [2.05, 4.69) is 15.3 Å². The van der Waals surface area contributed by atoms with Gasteiger partial charge in [0.25, 0.3) is 0 Å². The molecular formula is C22H29N7O5S. The van der Waals surface area contributed by atoms with Crippen LogP contribution >= 0.6 is 0 Å². The lowest BCUT2D eigenvalue weighted by Crippen LogP contribution is -2.36. The van der Waals surface area contributed by atoms with E-state index in [9.17, 15) is 18.6 Å². The molecule has 0 amide bonds. The van der Waals surface area contributed by atoms with E-state index in [1.165, 1.54) is 4.57 Å². The molecule has 0 fully saturated rings. The monoisotopic (exact) mass is 503 g/mol. The fourth-order valence-corrected chi connectivity index (χ4v) is 4.75. The Kier molecular flexibility index (Phi) is 8.35. The van der Waals surface area contributed by atoms with Gasteiger partial charge in [0.1, 0.15) is 15.2 Å². The minimum absolute atomic E-state index is 0.0152. The van der Waals surface area contributed by atoms with Crippen molar-refractivity contribution in [3.63, 3.8) is 0 Å². The van der Waals surface area contributed by atoms with Crippen LogP contribution in [0.25, 0.3) is 11.2 Å². The van der Waals surface area contributed by atoms with Crippen LogP contribution in [0, 0.1) is 4.78 Å². The Bertz CT molecular complexity index is 1380. The molecule has 1 atom stereocenters. The maximum absolute atomic E-state index is 13.4. The highest BCUT2D eigenvalue weighted by Gasteiger charge is 2.25. The lowest BCUT2D eigenvalue weighted by Gasteiger charge is -2.08. The minimum atomic E-state index is -3.34. The molecule has 3 rings (SSSR count). The van der Waals surface area contributed by atoms with Crippen molar-refractivity contribution >= 4 is 38.6 Å². The highest BCUT2D eigenvalue weighted by molar-refractivity contribution is 7.92. The molecule has 1 unspecified atom stereocenters. The molecule has 0 aliphatic carbocycles. The van der Waals surface area contributed by atoms with Gasteiger partial charge in [0.05, 0.1) is 26.1 Å². The largest absolute Gasteiger partial charge is 0.466 e. The Morgan fingerprint density at radius 2 is 1.91 bits per heavy atom. The van der Waals surface area contributed by atoms with Gasteiger partial charge in [0, 0.05) is 12.3 Å². The van der Waals surface area contributed by atoms with Gasteiger partial charge in [-0.15, -0.1) is 0 Å². The molecule has 0 aliphatic heterocycles. The number of rotatable bonds is 11. The Hall–Kier alpha value is -3.58. The third-order valence-electron chi connectivity index (χ3n) is 5.08. The van der Waals surface area contributed by atoms with E-state index in [1.54, 1.807) is 13.8 Å². The van der Waals surface area contributed by atoms with Crippen molar-refractivity contribution in [1.82, 2.24) is 24.4 Å². The smallest absolute Gasteiger partial charge is 0.337 e. The normalized spacial score (nSPS) is 13.0. The molecule has 3 aromatic rings. The summed E-state index contributed by atoms with van der Waals surface area (Å²) >= 11 is 0. The molecule has 1 aromatic carbocycles. The van der Waals surface area contributed by atoms with E-state index in [4.69, 9.17) is 15.3 Å². The van der Waals surface area contributed by atoms with Gasteiger partial charge in [0.2, 0.25) is 11.1 Å². The zero-order valence-corrected chi connectivity index (χ0v) is 20.5. The highest BCUT2D eigenvalue weighted by Crippen LogP contribution is 2.21. The maximum atomic E-state index is 13.4. The summed E-state index contributed by atoms with van der Waals surface area (Å²) in [6, 6.07) is 9.07. The topological polar surface area (TPSA) is 175 Å². The number of imidazole rings is 1. The number of esters is 1. The van der Waals surface area contributed by atoms with Crippen molar-refractivity contribution in [2.75, 3.05) is 31.2 Å². The van der Waals surface area contributed by atoms with Crippen LogP contribution in [0.15, 0.2) is 40.3 Å². The second-order valence-corrected chi connectivity index (χ2v) is 9.88. The van der Waals surface area contributed by atoms with E-state index < -0.39 is 27.3 Å². The molecule has 4 N–H and O–H groups in total. The number of carbonyl (C=O) groups excluding carboxylic acids is 2. The van der Waals surface area contributed by atoms with Crippen molar-refractivity contribution in [3.05, 3.63) is 46.4 Å². The minimum Gasteiger partial charge on any atom is -0.466 e. The van der Waals surface area contributed by atoms with Crippen molar-refractivity contribution in [1.29, 1.82) is 4.78 Å². The maximum Gasteiger partial charge on any atom is 0.337 e. The number of aromatic nitrogens is 4. The number of hydrogen-bond donors (Lipinski definition) is 3. The number of fused-ring (bicyclic) bond motifs is 1. The number of benzene rings is 1. The molecule has 0 aliphatic rings. The number of nitrogens with two attached hydrogens (primary N) is 1. The fraction of sp³-hybridized carbons (Fsp3) is 0.409. The molecule has 0 bridgehead atoms. The van der Waals surface area contributed by atoms with Crippen molar-refractivity contribution in [3.8, 4) is 0 Å². The van der Waals surface area contributed by atoms with Crippen LogP contribution in [0.4, 0.5) is 5.82 Å². The van der Waals surface area contributed by atoms with E-state index in [1.807, 2.05) is 30.3 Å². The standard InChI is InChI=1S/C22H29N7O5S/c1-3-12-35(24,33)21-26-19(23)18-20(27-21)28(14-15-8-6-5-7-9-15)22(32)29(18)16(30)13-25-11-10-17(31)34-4-2/h5-9,24-25H,3-4,10-14H2,1-2H3,(H2,23,26,27). The lowest BCUT2D eigenvalue weighted by atomic mass is 10.2. The SMILES string of the molecule is CCCS(=N)(=O)c1nc(N)c2c(n1)n(Cc1ccccc1)c(=O)n2C(=O)CNCCC(=O)OCC. The van der Waals surface area contributed by atoms with Crippen LogP contribution < -0.4 is 16.7 Å². The first-order valence-electron chi connectivity index (χ1n) is 11.2. The fourth-order valence-electron chi connectivity index (χ4n) is 3.51. The number of nitrogen functional groups attached to an aromatic ring is 1. The van der Waals surface area contributed by atoms with Crippen LogP contribution in [-0.2, 0) is 25.8 Å². The molecule has 2 aromatic heterocycles. The van der Waals surface area contributed by atoms with Crippen molar-refractivity contribution < 1.29 is 18.5 Å². The summed E-state index contributed by atoms with van der Waals surface area (Å²) in [6.07, 6.45) is 0.535. The highest BCUT2D eigenvalue weighted by atomic mass is 32.2. The molecule has 0 spiro atoms. The summed E-state index contributed by atoms with van der Waals surface area (Å²) in [6.45, 7) is 3.75. The van der Waals surface area contributed by atoms with E-state index in [0.29, 0.717) is 6.42 Å². The van der Waals surface area contributed by atoms with Gasteiger partial charge in [-0.2, -0.15) is 4.98 Å². The Balaban J connectivity index is 2.04. The third kappa shape index (κ3) is 5.92. The second kappa shape index (κ2) is 11.2. The number of carbonyl (C=O) groups is 2. The van der Waals surface area contributed by atoms with Gasteiger partial charge in [-0.3, -0.25) is 14.2 Å². The van der Waals surface area contributed by atoms with Gasteiger partial charge in [-0.1, -0.05) is 37.3 Å². The zero-order valence-electron chi connectivity index (χ0n) is 19.7. The van der Waals surface area contributed by atoms with E-state index >= 15 is 0 Å². The lowest BCUT2D eigenvalue weighted by molar-refractivity contribution is -0.142. The van der Waals surface area contributed by atoms with Gasteiger partial charge in [-0.05, 0) is 18.9 Å². The predicted octanol–water partition coefficient (Wildman–Crippen LogP) is 1.22. The van der Waals surface area contributed by atoms with Crippen LogP contribution in [0.3, 0.4) is 0 Å². The Morgan fingerprint density at radius 3 is 2.57 bits per heavy atom. The summed E-state index contributed by atoms with van der Waals surface area (Å²) in [4.78, 5) is 46.2. The van der Waals surface area contributed by atoms with Crippen LogP contribution in [0.1, 0.15) is 37.0 Å². The third-order valence-corrected chi connectivity index (χ3v) is 6.84. The van der Waals surface area contributed by atoms with Crippen LogP contribution in [-0.4, -0.2) is 60.6 Å². The van der Waals surface area contributed by atoms with Crippen molar-refractivity contribution in [2.45, 2.75) is 38.4 Å². The van der Waals surface area contributed by atoms with Gasteiger partial charge < -0.3 is 15.8 Å². The zero-order chi connectivity index (χ0) is 25.6. The van der Waals surface area contributed by atoms with E-state index in [-0.39, 0.29) is 60.6 Å². The average Bonchev–Trinajstić information content (AvgIpc) is 3.09. The first-order valence-corrected chi connectivity index (χ1v) is 12.9. The van der Waals surface area contributed by atoms with Gasteiger partial charge >= 0.3 is 11.7 Å². The van der Waals surface area contributed by atoms with Gasteiger partial charge in [-0.25, -0.2) is 23.3 Å². The Labute approximate surface area is 202 Å². The number of anilines is 1. The summed E-state index contributed by atoms with van der Waals surface area (Å²) in [5.41, 5.74) is 6.22.